The molecule has 0 atom stereocenters. The molecule has 4 saturated carbocycles. The molecule has 4 nitrogen and oxygen atoms in total. The molecule has 4 aliphatic carbocycles. The normalized spacial score (nSPS) is 37.0. The molecule has 1 heterocycles. The van der Waals surface area contributed by atoms with E-state index in [1.807, 2.05) is 17.5 Å². The maximum Gasteiger partial charge on any atom is 0.335 e. The Kier molecular flexibility index (Phi) is 3.25. The lowest BCUT2D eigenvalue weighted by Gasteiger charge is -2.56. The fourth-order valence-corrected chi connectivity index (χ4v) is 5.64. The first kappa shape index (κ1) is 13.3. The van der Waals surface area contributed by atoms with E-state index < -0.39 is 0 Å². The number of hydrazone groups is 1. The topological polar surface area (TPSA) is 53.5 Å². The number of hydrogen-bond donors (Lipinski definition) is 2. The van der Waals surface area contributed by atoms with Crippen molar-refractivity contribution < 1.29 is 4.79 Å². The van der Waals surface area contributed by atoms with E-state index in [0.29, 0.717) is 0 Å². The highest BCUT2D eigenvalue weighted by Crippen LogP contribution is 2.55. The van der Waals surface area contributed by atoms with Crippen molar-refractivity contribution in [2.24, 2.45) is 22.9 Å². The summed E-state index contributed by atoms with van der Waals surface area (Å²) >= 11 is 1.61. The van der Waals surface area contributed by atoms with E-state index in [4.69, 9.17) is 0 Å². The van der Waals surface area contributed by atoms with Gasteiger partial charge in [-0.05, 0) is 67.7 Å². The van der Waals surface area contributed by atoms with Gasteiger partial charge in [-0.2, -0.15) is 5.10 Å². The van der Waals surface area contributed by atoms with Crippen LogP contribution < -0.4 is 10.7 Å². The second kappa shape index (κ2) is 5.13. The molecule has 0 aromatic carbocycles. The van der Waals surface area contributed by atoms with Crippen molar-refractivity contribution in [1.29, 1.82) is 0 Å². The molecule has 4 fully saturated rings. The van der Waals surface area contributed by atoms with Crippen molar-refractivity contribution in [2.45, 2.75) is 44.1 Å². The number of rotatable bonds is 3. The van der Waals surface area contributed by atoms with E-state index in [-0.39, 0.29) is 11.6 Å². The number of amides is 2. The second-order valence-corrected chi connectivity index (χ2v) is 8.02. The van der Waals surface area contributed by atoms with Gasteiger partial charge in [0.05, 0.1) is 6.21 Å². The summed E-state index contributed by atoms with van der Waals surface area (Å²) in [7, 11) is 0. The molecule has 1 aromatic rings. The standard InChI is InChI=1S/C16H21N3OS/c20-15(19-17-10-14-2-1-3-21-14)18-16-7-11-4-12(8-16)6-13(5-11)9-16/h1-3,10-13H,4-9H2,(H2,18,19,20). The average molecular weight is 303 g/mol. The molecule has 0 unspecified atom stereocenters. The van der Waals surface area contributed by atoms with Crippen molar-refractivity contribution in [1.82, 2.24) is 10.7 Å². The SMILES string of the molecule is O=C(NN=Cc1cccs1)NC12CC3CC(CC(C3)C1)C2. The zero-order valence-electron chi connectivity index (χ0n) is 12.0. The maximum atomic E-state index is 12.1. The van der Waals surface area contributed by atoms with Crippen LogP contribution in [0.4, 0.5) is 4.79 Å². The van der Waals surface area contributed by atoms with Gasteiger partial charge in [0.25, 0.3) is 0 Å². The zero-order valence-corrected chi connectivity index (χ0v) is 12.9. The largest absolute Gasteiger partial charge is 0.335 e. The lowest BCUT2D eigenvalue weighted by molar-refractivity contribution is -0.0135. The van der Waals surface area contributed by atoms with Crippen LogP contribution in [0.15, 0.2) is 22.6 Å². The first-order chi connectivity index (χ1) is 10.2. The molecule has 2 N–H and O–H groups in total. The van der Waals surface area contributed by atoms with Crippen molar-refractivity contribution in [3.05, 3.63) is 22.4 Å². The number of hydrogen-bond acceptors (Lipinski definition) is 3. The van der Waals surface area contributed by atoms with Crippen LogP contribution >= 0.6 is 11.3 Å². The predicted octanol–water partition coefficient (Wildman–Crippen LogP) is 3.35. The van der Waals surface area contributed by atoms with Gasteiger partial charge in [-0.15, -0.1) is 11.3 Å². The fourth-order valence-electron chi connectivity index (χ4n) is 5.05. The van der Waals surface area contributed by atoms with Gasteiger partial charge >= 0.3 is 6.03 Å². The van der Waals surface area contributed by atoms with E-state index in [0.717, 1.165) is 22.6 Å². The number of carbonyl (C=O) groups is 1. The Morgan fingerprint density at radius 3 is 2.48 bits per heavy atom. The first-order valence-corrected chi connectivity index (χ1v) is 8.73. The smallest absolute Gasteiger partial charge is 0.331 e. The summed E-state index contributed by atoms with van der Waals surface area (Å²) in [5.74, 6) is 2.52. The summed E-state index contributed by atoms with van der Waals surface area (Å²) in [4.78, 5) is 13.2. The van der Waals surface area contributed by atoms with Crippen LogP contribution in [-0.2, 0) is 0 Å². The highest BCUT2D eigenvalue weighted by atomic mass is 32.1. The average Bonchev–Trinajstić information content (AvgIpc) is 2.89. The van der Waals surface area contributed by atoms with Crippen LogP contribution in [0, 0.1) is 17.8 Å². The van der Waals surface area contributed by atoms with Gasteiger partial charge in [0, 0.05) is 10.4 Å². The number of carbonyl (C=O) groups excluding carboxylic acids is 1. The van der Waals surface area contributed by atoms with Crippen LogP contribution in [0.1, 0.15) is 43.4 Å². The molecule has 1 aromatic heterocycles. The molecule has 2 amide bonds. The number of nitrogens with one attached hydrogen (secondary N) is 2. The fraction of sp³-hybridized carbons (Fsp3) is 0.625. The summed E-state index contributed by atoms with van der Waals surface area (Å²) in [6, 6.07) is 3.80. The predicted molar refractivity (Wildman–Crippen MR) is 84.5 cm³/mol. The molecule has 0 saturated heterocycles. The Bertz CT molecular complexity index is 517. The molecule has 5 heteroatoms. The third-order valence-corrected chi connectivity index (χ3v) is 6.12. The highest BCUT2D eigenvalue weighted by Gasteiger charge is 2.51. The molecule has 4 bridgehead atoms. The molecule has 21 heavy (non-hydrogen) atoms. The molecule has 112 valence electrons. The third kappa shape index (κ3) is 2.71. The summed E-state index contributed by atoms with van der Waals surface area (Å²) in [5.41, 5.74) is 2.67. The zero-order chi connectivity index (χ0) is 14.3. The van der Waals surface area contributed by atoms with Gasteiger partial charge in [-0.1, -0.05) is 6.07 Å². The van der Waals surface area contributed by atoms with Crippen LogP contribution in [0.5, 0.6) is 0 Å². The third-order valence-electron chi connectivity index (χ3n) is 5.32. The van der Waals surface area contributed by atoms with E-state index >= 15 is 0 Å². The molecule has 0 spiro atoms. The van der Waals surface area contributed by atoms with Gasteiger partial charge in [0.1, 0.15) is 0 Å². The van der Waals surface area contributed by atoms with Crippen LogP contribution in [-0.4, -0.2) is 17.8 Å². The van der Waals surface area contributed by atoms with Gasteiger partial charge in [-0.3, -0.25) is 0 Å². The number of urea groups is 1. The Morgan fingerprint density at radius 1 is 1.24 bits per heavy atom. The lowest BCUT2D eigenvalue weighted by atomic mass is 9.53. The van der Waals surface area contributed by atoms with Crippen molar-refractivity contribution in [3.63, 3.8) is 0 Å². The Labute approximate surface area is 129 Å². The number of thiophene rings is 1. The monoisotopic (exact) mass is 303 g/mol. The minimum Gasteiger partial charge on any atom is -0.331 e. The highest BCUT2D eigenvalue weighted by molar-refractivity contribution is 7.11. The summed E-state index contributed by atoms with van der Waals surface area (Å²) in [6.45, 7) is 0. The molecular formula is C16H21N3OS. The van der Waals surface area contributed by atoms with E-state index in [1.165, 1.54) is 38.5 Å². The summed E-state index contributed by atoms with van der Waals surface area (Å²) in [6.07, 6.45) is 9.37. The molecule has 0 aliphatic heterocycles. The molecule has 5 rings (SSSR count). The van der Waals surface area contributed by atoms with Crippen LogP contribution in [0.3, 0.4) is 0 Å². The quantitative estimate of drug-likeness (QED) is 0.653. The number of nitrogens with zero attached hydrogens (tertiary/aromatic N) is 1. The Morgan fingerprint density at radius 2 is 1.90 bits per heavy atom. The molecule has 4 aliphatic rings. The minimum atomic E-state index is -0.148. The van der Waals surface area contributed by atoms with E-state index in [1.54, 1.807) is 17.6 Å². The lowest BCUT2D eigenvalue weighted by Crippen LogP contribution is -2.61. The summed E-state index contributed by atoms with van der Waals surface area (Å²) < 4.78 is 0. The molecule has 0 radical (unpaired) electrons. The van der Waals surface area contributed by atoms with Gasteiger partial charge in [0.15, 0.2) is 0 Å². The van der Waals surface area contributed by atoms with Gasteiger partial charge in [-0.25, -0.2) is 10.2 Å². The van der Waals surface area contributed by atoms with E-state index in [9.17, 15) is 4.79 Å². The first-order valence-electron chi connectivity index (χ1n) is 7.85. The van der Waals surface area contributed by atoms with Gasteiger partial charge < -0.3 is 5.32 Å². The van der Waals surface area contributed by atoms with Crippen molar-refractivity contribution >= 4 is 23.6 Å². The van der Waals surface area contributed by atoms with Gasteiger partial charge in [0.2, 0.25) is 0 Å². The van der Waals surface area contributed by atoms with Crippen molar-refractivity contribution in [3.8, 4) is 0 Å². The van der Waals surface area contributed by atoms with Crippen molar-refractivity contribution in [2.75, 3.05) is 0 Å². The summed E-state index contributed by atoms with van der Waals surface area (Å²) in [5, 5.41) is 9.28. The molecular weight excluding hydrogens is 282 g/mol. The van der Waals surface area contributed by atoms with Crippen LogP contribution in [0.2, 0.25) is 0 Å². The van der Waals surface area contributed by atoms with Crippen LogP contribution in [0.25, 0.3) is 0 Å². The van der Waals surface area contributed by atoms with E-state index in [2.05, 4.69) is 15.8 Å². The minimum absolute atomic E-state index is 0.0529. The Hall–Kier alpha value is -1.36. The second-order valence-electron chi connectivity index (χ2n) is 7.04. The maximum absolute atomic E-state index is 12.1. The Balaban J connectivity index is 1.36.